The molecule has 0 saturated heterocycles. The molecule has 0 radical (unpaired) electrons. The molecule has 66 heavy (non-hydrogen) atoms. The Morgan fingerprint density at radius 1 is 0.788 bits per heavy atom. The van der Waals surface area contributed by atoms with Crippen LogP contribution in [0.5, 0.6) is 17.2 Å². The number of ether oxygens (including phenoxy) is 3. The fourth-order valence-electron chi connectivity index (χ4n) is 7.16. The molecule has 5 rings (SSSR count). The van der Waals surface area contributed by atoms with Crippen LogP contribution in [-0.2, 0) is 39.2 Å². The molecule has 5 aromatic carbocycles. The number of hydrazone groups is 1. The van der Waals surface area contributed by atoms with Gasteiger partial charge >= 0.3 is 15.2 Å². The van der Waals surface area contributed by atoms with E-state index in [1.54, 1.807) is 23.1 Å². The largest absolute Gasteiger partial charge is 0.484 e. The summed E-state index contributed by atoms with van der Waals surface area (Å²) in [7, 11) is -9.77. The van der Waals surface area contributed by atoms with Crippen LogP contribution >= 0.6 is 35.9 Å². The second-order valence-corrected chi connectivity index (χ2v) is 29.0. The first-order chi connectivity index (χ1) is 31.2. The minimum Gasteiger partial charge on any atom is -0.484 e. The third-order valence-corrected chi connectivity index (χ3v) is 23.4. The van der Waals surface area contributed by atoms with E-state index in [4.69, 9.17) is 47.4 Å². The molecule has 0 spiro atoms. The summed E-state index contributed by atoms with van der Waals surface area (Å²) in [6.07, 6.45) is 2.08. The van der Waals surface area contributed by atoms with Crippen LogP contribution in [0.3, 0.4) is 0 Å². The van der Waals surface area contributed by atoms with E-state index in [0.29, 0.717) is 35.8 Å². The Kier molecular flexibility index (Phi) is 19.6. The van der Waals surface area contributed by atoms with E-state index in [-0.39, 0.29) is 12.4 Å². The Morgan fingerprint density at radius 3 is 1.79 bits per heavy atom. The second-order valence-electron chi connectivity index (χ2n) is 15.9. The highest BCUT2D eigenvalue weighted by Crippen LogP contribution is 2.54. The molecule has 0 aliphatic heterocycles. The number of hydrogen-bond acceptors (Lipinski definition) is 9. The average molecular weight is 1030 g/mol. The van der Waals surface area contributed by atoms with Gasteiger partial charge in [-0.05, 0) is 105 Å². The Bertz CT molecular complexity index is 2550. The topological polar surface area (TPSA) is 174 Å². The zero-order valence-electron chi connectivity index (χ0n) is 37.6. The highest BCUT2D eigenvalue weighted by molar-refractivity contribution is 8.07. The number of rotatable bonds is 24. The molecule has 0 amide bonds. The summed E-state index contributed by atoms with van der Waals surface area (Å²) in [6.45, 7) is 8.08. The summed E-state index contributed by atoms with van der Waals surface area (Å²) < 4.78 is 49.4. The normalized spacial score (nSPS) is 14.5. The predicted octanol–water partition coefficient (Wildman–Crippen LogP) is 9.66. The van der Waals surface area contributed by atoms with Crippen LogP contribution in [0.25, 0.3) is 0 Å². The lowest BCUT2D eigenvalue weighted by atomic mass is 10.1. The Balaban J connectivity index is 1.27. The molecule has 0 bridgehead atoms. The lowest BCUT2D eigenvalue weighted by molar-refractivity contribution is 0.164. The molecule has 0 saturated carbocycles. The fraction of sp³-hybridized carbons (Fsp3) is 0.283. The average Bonchev–Trinajstić information content (AvgIpc) is 3.27. The molecule has 4 N–H and O–H groups in total. The molecule has 4 atom stereocenters. The maximum absolute atomic E-state index is 11.6. The summed E-state index contributed by atoms with van der Waals surface area (Å²) in [5.74, 6) is 2.23. The molecule has 0 aromatic heterocycles. The number of allylic oxidation sites excluding steroid dienone is 1. The van der Waals surface area contributed by atoms with E-state index in [9.17, 15) is 28.7 Å². The highest BCUT2D eigenvalue weighted by Gasteiger charge is 2.33. The number of hydrogen-bond donors (Lipinski definition) is 4. The Hall–Kier alpha value is -3.50. The maximum Gasteiger partial charge on any atom is 0.339 e. The number of benzene rings is 5. The van der Waals surface area contributed by atoms with Gasteiger partial charge in [-0.1, -0.05) is 116 Å². The van der Waals surface area contributed by atoms with Gasteiger partial charge in [0.15, 0.2) is 0 Å². The molecule has 0 heterocycles. The first kappa shape index (κ1) is 53.5. The summed E-state index contributed by atoms with van der Waals surface area (Å²) >= 11 is 12.4. The third-order valence-electron chi connectivity index (χ3n) is 10.2. The zero-order valence-corrected chi connectivity index (χ0v) is 43.9. The summed E-state index contributed by atoms with van der Waals surface area (Å²) in [5, 5.41) is 7.28. The third kappa shape index (κ3) is 15.8. The van der Waals surface area contributed by atoms with Crippen LogP contribution < -0.4 is 30.1 Å². The summed E-state index contributed by atoms with van der Waals surface area (Å²) in [4.78, 5) is 38.6. The maximum atomic E-state index is 11.6. The van der Waals surface area contributed by atoms with Crippen molar-refractivity contribution in [3.63, 3.8) is 0 Å². The summed E-state index contributed by atoms with van der Waals surface area (Å²) in [6, 6.07) is 43.7. The lowest BCUT2D eigenvalue weighted by Crippen LogP contribution is -2.31. The van der Waals surface area contributed by atoms with Crippen LogP contribution in [0.2, 0.25) is 0 Å². The van der Waals surface area contributed by atoms with Gasteiger partial charge in [-0.25, -0.2) is 0 Å². The predicted molar refractivity (Wildman–Crippen MR) is 281 cm³/mol. The van der Waals surface area contributed by atoms with E-state index in [1.807, 2.05) is 113 Å². The van der Waals surface area contributed by atoms with Crippen LogP contribution in [0.4, 0.5) is 0 Å². The zero-order chi connectivity index (χ0) is 48.1. The molecular weight excluding hydrogens is 972 g/mol. The van der Waals surface area contributed by atoms with Crippen molar-refractivity contribution in [3.05, 3.63) is 157 Å². The Labute approximate surface area is 400 Å². The van der Waals surface area contributed by atoms with Gasteiger partial charge in [0.05, 0.1) is 32.7 Å². The SMILES string of the molecule is C=C(C)Oc1ccc(P(=N[PH](=S)C(C)Oc2ccc(C=NN(C)[PH](=S)C(C)(CCC)Oc3ccc(CCN(CP(=O)(O)O)CP(=O)(O)O)cc3)cc2)(c2ccccc2)c2ccccc2)cc1. The molecule has 20 heteroatoms. The highest BCUT2D eigenvalue weighted by atomic mass is 32.4. The van der Waals surface area contributed by atoms with E-state index in [0.717, 1.165) is 38.4 Å². The Morgan fingerprint density at radius 2 is 1.29 bits per heavy atom. The van der Waals surface area contributed by atoms with Gasteiger partial charge in [0, 0.05) is 29.5 Å². The monoisotopic (exact) mass is 1030 g/mol. The van der Waals surface area contributed by atoms with Crippen LogP contribution in [-0.4, -0.2) is 72.8 Å². The van der Waals surface area contributed by atoms with Crippen molar-refractivity contribution < 1.29 is 42.9 Å². The van der Waals surface area contributed by atoms with Crippen molar-refractivity contribution in [3.8, 4) is 17.2 Å². The second kappa shape index (κ2) is 24.2. The van der Waals surface area contributed by atoms with Gasteiger partial charge in [-0.3, -0.25) is 23.3 Å². The van der Waals surface area contributed by atoms with Crippen LogP contribution in [0, 0.1) is 0 Å². The molecule has 5 aromatic rings. The lowest BCUT2D eigenvalue weighted by Gasteiger charge is -2.35. The minimum absolute atomic E-state index is 0.0449. The van der Waals surface area contributed by atoms with Crippen molar-refractivity contribution in [1.82, 2.24) is 9.68 Å². The standard InChI is InChI=1S/C46H59N4O9P5S2/c1-7-31-46(5,59-42-24-18-38(19-25-42)30-32-50(34-62(51,52)53)35-63(54,55)56)61(66)49(6)47-33-39-20-22-41(23-21-39)58-37(4)60(65)48-64(43-14-10-8-11-15-43,44-16-12-9-13-17-44)45-28-26-40(27-29-45)57-36(2)3/h8-29,33,37,60-61H,2,7,30-32,34-35H2,1,3-6H3,(H2,51,52,53)(H2,54,55,56). The van der Waals surface area contributed by atoms with Gasteiger partial charge in [0.1, 0.15) is 41.0 Å². The van der Waals surface area contributed by atoms with Crippen molar-refractivity contribution >= 4 is 81.7 Å². The summed E-state index contributed by atoms with van der Waals surface area (Å²) in [5.41, 5.74) is 1.66. The van der Waals surface area contributed by atoms with E-state index in [1.165, 1.54) is 0 Å². The van der Waals surface area contributed by atoms with E-state index in [2.05, 4.69) is 49.9 Å². The molecule has 13 nitrogen and oxygen atoms in total. The molecule has 354 valence electrons. The molecular formula is C46H59N4O9P5S2. The molecule has 4 unspecified atom stereocenters. The van der Waals surface area contributed by atoms with Gasteiger partial charge in [0.25, 0.3) is 0 Å². The van der Waals surface area contributed by atoms with Gasteiger partial charge < -0.3 is 33.8 Å². The number of nitrogens with zero attached hydrogens (tertiary/aromatic N) is 4. The van der Waals surface area contributed by atoms with E-state index < -0.39 is 53.9 Å². The van der Waals surface area contributed by atoms with Crippen molar-refractivity contribution in [2.24, 2.45) is 9.62 Å². The van der Waals surface area contributed by atoms with E-state index >= 15 is 0 Å². The smallest absolute Gasteiger partial charge is 0.339 e. The van der Waals surface area contributed by atoms with Crippen LogP contribution in [0.1, 0.15) is 51.7 Å². The fourth-order valence-corrected chi connectivity index (χ4v) is 18.3. The first-order valence-electron chi connectivity index (χ1n) is 21.1. The van der Waals surface area contributed by atoms with Crippen LogP contribution in [0.15, 0.2) is 155 Å². The van der Waals surface area contributed by atoms with Crippen molar-refractivity contribution in [1.29, 1.82) is 0 Å². The van der Waals surface area contributed by atoms with Crippen molar-refractivity contribution in [2.45, 2.75) is 58.1 Å². The van der Waals surface area contributed by atoms with Gasteiger partial charge in [-0.2, -0.15) is 5.10 Å². The van der Waals surface area contributed by atoms with Gasteiger partial charge in [0.2, 0.25) is 0 Å². The molecule has 0 fully saturated rings. The first-order valence-corrected chi connectivity index (χ1v) is 31.7. The molecule has 0 aliphatic rings. The quantitative estimate of drug-likeness (QED) is 0.0199. The minimum atomic E-state index is -4.52. The van der Waals surface area contributed by atoms with Gasteiger partial charge in [-0.15, -0.1) is 0 Å². The molecule has 0 aliphatic carbocycles. The van der Waals surface area contributed by atoms with Crippen molar-refractivity contribution in [2.75, 3.05) is 26.2 Å².